The number of aromatic nitrogens is 3. The fraction of sp³-hybridized carbons (Fsp3) is 0.300. The molecule has 0 fully saturated rings. The highest BCUT2D eigenvalue weighted by Crippen LogP contribution is 2.30. The molecule has 8 heteroatoms. The van der Waals surface area contributed by atoms with Gasteiger partial charge in [0.25, 0.3) is 0 Å². The quantitative estimate of drug-likeness (QED) is 0.452. The van der Waals surface area contributed by atoms with Crippen molar-refractivity contribution in [3.8, 4) is 11.4 Å². The zero-order valence-electron chi connectivity index (χ0n) is 16.2. The molecule has 0 atom stereocenters. The molecular weight excluding hydrogens is 392 g/mol. The van der Waals surface area contributed by atoms with Gasteiger partial charge in [0.15, 0.2) is 16.8 Å². The van der Waals surface area contributed by atoms with Crippen LogP contribution in [0.25, 0.3) is 11.4 Å². The molecule has 0 saturated carbocycles. The van der Waals surface area contributed by atoms with Crippen LogP contribution in [0.2, 0.25) is 0 Å². The predicted molar refractivity (Wildman–Crippen MR) is 114 cm³/mol. The minimum absolute atomic E-state index is 0.00217. The summed E-state index contributed by atoms with van der Waals surface area (Å²) in [5.41, 5.74) is 2.33. The van der Waals surface area contributed by atoms with Gasteiger partial charge in [-0.2, -0.15) is 0 Å². The standard InChI is InChI=1S/C20H22N4O2S2/c1-12(2)17-9-15(10-27-17)19-22-23-20(24(19)4)28-11-18(26)21-16-7-5-14(6-8-16)13(3)25/h5-10,12H,11H2,1-4H3,(H,21,26). The monoisotopic (exact) mass is 414 g/mol. The molecule has 2 aromatic heterocycles. The molecule has 2 heterocycles. The first-order valence-electron chi connectivity index (χ1n) is 8.87. The summed E-state index contributed by atoms with van der Waals surface area (Å²) >= 11 is 3.06. The van der Waals surface area contributed by atoms with Crippen molar-refractivity contribution in [1.82, 2.24) is 14.8 Å². The number of hydrogen-bond acceptors (Lipinski definition) is 6. The van der Waals surface area contributed by atoms with Crippen LogP contribution >= 0.6 is 23.1 Å². The van der Waals surface area contributed by atoms with E-state index in [1.165, 1.54) is 23.6 Å². The smallest absolute Gasteiger partial charge is 0.234 e. The lowest BCUT2D eigenvalue weighted by atomic mass is 10.1. The molecule has 0 spiro atoms. The van der Waals surface area contributed by atoms with Crippen molar-refractivity contribution in [3.63, 3.8) is 0 Å². The highest BCUT2D eigenvalue weighted by molar-refractivity contribution is 7.99. The molecule has 0 radical (unpaired) electrons. The fourth-order valence-electron chi connectivity index (χ4n) is 2.58. The number of carbonyl (C=O) groups excluding carboxylic acids is 2. The number of nitrogens with one attached hydrogen (secondary N) is 1. The van der Waals surface area contributed by atoms with E-state index < -0.39 is 0 Å². The number of amides is 1. The number of hydrogen-bond donors (Lipinski definition) is 1. The van der Waals surface area contributed by atoms with Crippen molar-refractivity contribution >= 4 is 40.5 Å². The average molecular weight is 415 g/mol. The third kappa shape index (κ3) is 4.69. The number of thiophene rings is 1. The van der Waals surface area contributed by atoms with Crippen LogP contribution in [-0.4, -0.2) is 32.2 Å². The van der Waals surface area contributed by atoms with E-state index in [2.05, 4.69) is 40.8 Å². The van der Waals surface area contributed by atoms with E-state index in [0.29, 0.717) is 22.3 Å². The Hall–Kier alpha value is -2.45. The maximum atomic E-state index is 12.2. The maximum absolute atomic E-state index is 12.2. The molecule has 0 unspecified atom stereocenters. The summed E-state index contributed by atoms with van der Waals surface area (Å²) in [6.07, 6.45) is 0. The van der Waals surface area contributed by atoms with Gasteiger partial charge in [-0.3, -0.25) is 9.59 Å². The van der Waals surface area contributed by atoms with E-state index in [0.717, 1.165) is 11.4 Å². The number of Topliss-reactive ketones (excluding diaryl/α,β-unsaturated/α-hetero) is 1. The van der Waals surface area contributed by atoms with Crippen molar-refractivity contribution in [2.24, 2.45) is 7.05 Å². The van der Waals surface area contributed by atoms with E-state index in [1.807, 2.05) is 11.6 Å². The van der Waals surface area contributed by atoms with Gasteiger partial charge in [-0.15, -0.1) is 21.5 Å². The van der Waals surface area contributed by atoms with Gasteiger partial charge in [0.05, 0.1) is 5.75 Å². The molecule has 3 aromatic rings. The van der Waals surface area contributed by atoms with Crippen LogP contribution in [0.4, 0.5) is 5.69 Å². The van der Waals surface area contributed by atoms with Crippen molar-refractivity contribution in [1.29, 1.82) is 0 Å². The Balaban J connectivity index is 1.60. The van der Waals surface area contributed by atoms with E-state index in [4.69, 9.17) is 0 Å². The summed E-state index contributed by atoms with van der Waals surface area (Å²) in [7, 11) is 1.91. The van der Waals surface area contributed by atoms with Crippen molar-refractivity contribution in [2.45, 2.75) is 31.8 Å². The number of rotatable bonds is 7. The largest absolute Gasteiger partial charge is 0.325 e. The third-order valence-electron chi connectivity index (χ3n) is 4.19. The highest BCUT2D eigenvalue weighted by atomic mass is 32.2. The summed E-state index contributed by atoms with van der Waals surface area (Å²) in [6, 6.07) is 9.00. The van der Waals surface area contributed by atoms with Crippen LogP contribution in [0, 0.1) is 0 Å². The molecule has 3 rings (SSSR count). The van der Waals surface area contributed by atoms with Gasteiger partial charge >= 0.3 is 0 Å². The highest BCUT2D eigenvalue weighted by Gasteiger charge is 2.15. The van der Waals surface area contributed by atoms with Gasteiger partial charge in [-0.1, -0.05) is 25.6 Å². The molecule has 146 valence electrons. The lowest BCUT2D eigenvalue weighted by Gasteiger charge is -2.06. The Morgan fingerprint density at radius 1 is 1.21 bits per heavy atom. The molecule has 0 aliphatic rings. The second kappa shape index (κ2) is 8.70. The van der Waals surface area contributed by atoms with Gasteiger partial charge in [-0.05, 0) is 43.2 Å². The molecule has 0 aliphatic heterocycles. The van der Waals surface area contributed by atoms with Crippen LogP contribution < -0.4 is 5.32 Å². The number of benzene rings is 1. The predicted octanol–water partition coefficient (Wildman–Crippen LogP) is 4.60. The third-order valence-corrected chi connectivity index (χ3v) is 6.44. The van der Waals surface area contributed by atoms with Crippen LogP contribution in [0.15, 0.2) is 40.9 Å². The van der Waals surface area contributed by atoms with Gasteiger partial charge in [0, 0.05) is 34.1 Å². The van der Waals surface area contributed by atoms with Gasteiger partial charge in [0.2, 0.25) is 5.91 Å². The number of thioether (sulfide) groups is 1. The molecule has 0 saturated heterocycles. The number of ketones is 1. The van der Waals surface area contributed by atoms with Crippen LogP contribution in [0.3, 0.4) is 0 Å². The Morgan fingerprint density at radius 3 is 2.54 bits per heavy atom. The first-order valence-corrected chi connectivity index (χ1v) is 10.7. The van der Waals surface area contributed by atoms with E-state index in [1.54, 1.807) is 35.6 Å². The molecule has 1 aromatic carbocycles. The number of nitrogens with zero attached hydrogens (tertiary/aromatic N) is 3. The summed E-state index contributed by atoms with van der Waals surface area (Å²) in [5, 5.41) is 14.1. The van der Waals surface area contributed by atoms with Crippen molar-refractivity contribution in [2.75, 3.05) is 11.1 Å². The first-order chi connectivity index (χ1) is 13.3. The number of anilines is 1. The van der Waals surface area contributed by atoms with Gasteiger partial charge in [0.1, 0.15) is 0 Å². The van der Waals surface area contributed by atoms with E-state index >= 15 is 0 Å². The minimum Gasteiger partial charge on any atom is -0.325 e. The van der Waals surface area contributed by atoms with Crippen molar-refractivity contribution < 1.29 is 9.59 Å². The second-order valence-corrected chi connectivity index (χ2v) is 8.61. The Morgan fingerprint density at radius 2 is 1.93 bits per heavy atom. The van der Waals surface area contributed by atoms with E-state index in [9.17, 15) is 9.59 Å². The summed E-state index contributed by atoms with van der Waals surface area (Å²) in [6.45, 7) is 5.85. The Labute approximate surface area is 172 Å². The number of carbonyl (C=O) groups is 2. The molecule has 1 N–H and O–H groups in total. The second-order valence-electron chi connectivity index (χ2n) is 6.73. The zero-order valence-corrected chi connectivity index (χ0v) is 17.9. The Bertz CT molecular complexity index is 990. The first kappa shape index (κ1) is 20.3. The zero-order chi connectivity index (χ0) is 20.3. The van der Waals surface area contributed by atoms with Crippen LogP contribution in [-0.2, 0) is 11.8 Å². The lowest BCUT2D eigenvalue weighted by molar-refractivity contribution is -0.113. The summed E-state index contributed by atoms with van der Waals surface area (Å²) < 4.78 is 1.91. The minimum atomic E-state index is -0.136. The summed E-state index contributed by atoms with van der Waals surface area (Å²) in [5.74, 6) is 1.36. The summed E-state index contributed by atoms with van der Waals surface area (Å²) in [4.78, 5) is 24.8. The molecule has 0 aliphatic carbocycles. The average Bonchev–Trinajstić information content (AvgIpc) is 3.27. The van der Waals surface area contributed by atoms with E-state index in [-0.39, 0.29) is 17.4 Å². The lowest BCUT2D eigenvalue weighted by Crippen LogP contribution is -2.14. The normalized spacial score (nSPS) is 11.0. The molecule has 6 nitrogen and oxygen atoms in total. The molecule has 0 bridgehead atoms. The fourth-order valence-corrected chi connectivity index (χ4v) is 4.19. The van der Waals surface area contributed by atoms with Gasteiger partial charge in [-0.25, -0.2) is 0 Å². The topological polar surface area (TPSA) is 76.9 Å². The van der Waals surface area contributed by atoms with Crippen molar-refractivity contribution in [3.05, 3.63) is 46.2 Å². The Kier molecular flexibility index (Phi) is 6.31. The van der Waals surface area contributed by atoms with Crippen LogP contribution in [0.5, 0.6) is 0 Å². The van der Waals surface area contributed by atoms with Crippen LogP contribution in [0.1, 0.15) is 41.9 Å². The maximum Gasteiger partial charge on any atom is 0.234 e. The molecular formula is C20H22N4O2S2. The SMILES string of the molecule is CC(=O)c1ccc(NC(=O)CSc2nnc(-c3csc(C(C)C)c3)n2C)cc1. The van der Waals surface area contributed by atoms with Gasteiger partial charge < -0.3 is 9.88 Å². The molecule has 1 amide bonds. The molecule has 28 heavy (non-hydrogen) atoms.